The summed E-state index contributed by atoms with van der Waals surface area (Å²) in [5.74, 6) is -0.644. The monoisotopic (exact) mass is 621 g/mol. The summed E-state index contributed by atoms with van der Waals surface area (Å²) >= 11 is 1.64. The predicted octanol–water partition coefficient (Wildman–Crippen LogP) is 6.63. The first-order chi connectivity index (χ1) is 21.8. The van der Waals surface area contributed by atoms with Gasteiger partial charge in [0, 0.05) is 40.1 Å². The molecular formula is C33H27N5O6S. The van der Waals surface area contributed by atoms with Crippen molar-refractivity contribution in [3.8, 4) is 17.6 Å². The molecular weight excluding hydrogens is 594 g/mol. The number of pyridine rings is 1. The minimum absolute atomic E-state index is 0.108. The van der Waals surface area contributed by atoms with Crippen molar-refractivity contribution in [2.75, 3.05) is 31.0 Å². The highest BCUT2D eigenvalue weighted by Gasteiger charge is 2.32. The summed E-state index contributed by atoms with van der Waals surface area (Å²) in [6, 6.07) is 22.5. The van der Waals surface area contributed by atoms with Crippen molar-refractivity contribution in [2.24, 2.45) is 0 Å². The molecule has 11 nitrogen and oxygen atoms in total. The van der Waals surface area contributed by atoms with Gasteiger partial charge in [-0.2, -0.15) is 5.26 Å². The topological polar surface area (TPSA) is 148 Å². The fraction of sp³-hybridized carbons (Fsp3) is 0.152. The van der Waals surface area contributed by atoms with Crippen molar-refractivity contribution >= 4 is 51.2 Å². The van der Waals surface area contributed by atoms with Crippen molar-refractivity contribution in [1.29, 1.82) is 5.26 Å². The minimum atomic E-state index is -0.729. The average molecular weight is 622 g/mol. The van der Waals surface area contributed by atoms with Crippen LogP contribution >= 0.6 is 11.3 Å². The van der Waals surface area contributed by atoms with Gasteiger partial charge in [-0.25, -0.2) is 9.88 Å². The Labute approximate surface area is 262 Å². The van der Waals surface area contributed by atoms with Crippen LogP contribution in [0, 0.1) is 21.4 Å². The number of non-ortho nitro benzene ring substituents is 1. The molecule has 1 N–H and O–H groups in total. The number of hydrogen-bond donors (Lipinski definition) is 1. The average Bonchev–Trinajstić information content (AvgIpc) is 3.60. The molecule has 0 bridgehead atoms. The maximum absolute atomic E-state index is 14.1. The van der Waals surface area contributed by atoms with Crippen molar-refractivity contribution in [3.63, 3.8) is 0 Å². The number of fused-ring (bicyclic) bond motifs is 1. The van der Waals surface area contributed by atoms with Crippen LogP contribution in [0.1, 0.15) is 37.6 Å². The number of aryl methyl sites for hydroxylation is 1. The fourth-order valence-corrected chi connectivity index (χ4v) is 5.50. The van der Waals surface area contributed by atoms with E-state index in [1.165, 1.54) is 61.6 Å². The molecule has 0 atom stereocenters. The molecule has 0 saturated heterocycles. The Kier molecular flexibility index (Phi) is 9.31. The number of thiophene rings is 1. The maximum atomic E-state index is 14.1. The first-order valence-electron chi connectivity index (χ1n) is 13.8. The lowest BCUT2D eigenvalue weighted by Gasteiger charge is -2.24. The molecule has 0 saturated carbocycles. The zero-order valence-corrected chi connectivity index (χ0v) is 25.2. The SMILES string of the molecule is COc1ccc(C(=O)N(C(=O)c2ccc(OC)cc2)c2nc3ccc([N+](=O)[O-])cc3c(NCCCc3cccs3)c2C#N)cc1. The van der Waals surface area contributed by atoms with E-state index in [4.69, 9.17) is 9.47 Å². The van der Waals surface area contributed by atoms with Crippen LogP contribution in [0.3, 0.4) is 0 Å². The van der Waals surface area contributed by atoms with Gasteiger partial charge in [-0.05, 0) is 78.9 Å². The van der Waals surface area contributed by atoms with Crippen molar-refractivity contribution in [3.05, 3.63) is 116 Å². The number of nitrogens with one attached hydrogen (secondary N) is 1. The van der Waals surface area contributed by atoms with Crippen LogP contribution < -0.4 is 19.7 Å². The third-order valence-corrected chi connectivity index (χ3v) is 7.98. The number of ether oxygens (including phenoxy) is 2. The van der Waals surface area contributed by atoms with Gasteiger partial charge < -0.3 is 14.8 Å². The number of hydrogen-bond acceptors (Lipinski definition) is 10. The number of anilines is 2. The van der Waals surface area contributed by atoms with E-state index in [-0.39, 0.29) is 39.4 Å². The molecule has 12 heteroatoms. The van der Waals surface area contributed by atoms with Crippen LogP contribution in [0.5, 0.6) is 11.5 Å². The number of methoxy groups -OCH3 is 2. The van der Waals surface area contributed by atoms with Crippen LogP contribution in [0.4, 0.5) is 17.2 Å². The van der Waals surface area contributed by atoms with Crippen molar-refractivity contribution in [2.45, 2.75) is 12.8 Å². The number of carbonyl (C=O) groups excluding carboxylic acids is 2. The smallest absolute Gasteiger partial charge is 0.270 e. The van der Waals surface area contributed by atoms with E-state index in [9.17, 15) is 25.0 Å². The Bertz CT molecular complexity index is 1840. The number of amides is 2. The summed E-state index contributed by atoms with van der Waals surface area (Å²) in [5, 5.41) is 27.7. The molecule has 0 aliphatic carbocycles. The highest BCUT2D eigenvalue weighted by Crippen LogP contribution is 2.36. The lowest BCUT2D eigenvalue weighted by molar-refractivity contribution is -0.384. The lowest BCUT2D eigenvalue weighted by Crippen LogP contribution is -2.38. The number of nitrogens with zero attached hydrogens (tertiary/aromatic N) is 4. The normalized spacial score (nSPS) is 10.6. The molecule has 2 aromatic heterocycles. The van der Waals surface area contributed by atoms with Crippen molar-refractivity contribution in [1.82, 2.24) is 4.98 Å². The molecule has 2 amide bonds. The molecule has 0 aliphatic rings. The molecule has 0 aliphatic heterocycles. The highest BCUT2D eigenvalue weighted by molar-refractivity contribution is 7.09. The number of nitro benzene ring substituents is 1. The van der Waals surface area contributed by atoms with Gasteiger partial charge in [-0.1, -0.05) is 6.07 Å². The van der Waals surface area contributed by atoms with E-state index in [0.29, 0.717) is 29.9 Å². The van der Waals surface area contributed by atoms with Crippen molar-refractivity contribution < 1.29 is 24.0 Å². The molecule has 3 aromatic carbocycles. The molecule has 5 rings (SSSR count). The van der Waals surface area contributed by atoms with Crippen LogP contribution in [-0.2, 0) is 6.42 Å². The third-order valence-electron chi connectivity index (χ3n) is 7.05. The molecule has 0 unspecified atom stereocenters. The van der Waals surface area contributed by atoms with Gasteiger partial charge in [-0.15, -0.1) is 11.3 Å². The van der Waals surface area contributed by atoms with Gasteiger partial charge >= 0.3 is 0 Å². The van der Waals surface area contributed by atoms with Gasteiger partial charge in [0.25, 0.3) is 17.5 Å². The summed E-state index contributed by atoms with van der Waals surface area (Å²) in [4.78, 5) is 46.0. The standard InChI is InChI=1S/C33H27N5O6S/c1-43-24-12-7-21(8-13-24)32(39)37(33(40)22-9-14-25(44-2)15-10-22)31-28(20-34)30(35-17-3-5-26-6-4-18-45-26)27-19-23(38(41)42)11-16-29(27)36-31/h4,6-16,18-19H,3,5,17H2,1-2H3,(H,35,36). The van der Waals surface area contributed by atoms with Gasteiger partial charge in [0.1, 0.15) is 23.1 Å². The van der Waals surface area contributed by atoms with Crippen LogP contribution in [0.25, 0.3) is 10.9 Å². The van der Waals surface area contributed by atoms with Gasteiger partial charge in [0.05, 0.1) is 30.3 Å². The van der Waals surface area contributed by atoms with E-state index in [2.05, 4.69) is 16.4 Å². The quantitative estimate of drug-likeness (QED) is 0.0743. The summed E-state index contributed by atoms with van der Waals surface area (Å²) in [6.45, 7) is 0.409. The summed E-state index contributed by atoms with van der Waals surface area (Å²) in [7, 11) is 2.99. The Balaban J connectivity index is 1.67. The second kappa shape index (κ2) is 13.7. The largest absolute Gasteiger partial charge is 0.497 e. The zero-order valence-electron chi connectivity index (χ0n) is 24.4. The Morgan fingerprint density at radius 2 is 1.60 bits per heavy atom. The van der Waals surface area contributed by atoms with Gasteiger partial charge in [0.2, 0.25) is 0 Å². The number of benzene rings is 3. The lowest BCUT2D eigenvalue weighted by atomic mass is 10.1. The van der Waals surface area contributed by atoms with E-state index < -0.39 is 16.7 Å². The Morgan fingerprint density at radius 3 is 2.11 bits per heavy atom. The number of nitriles is 1. The maximum Gasteiger partial charge on any atom is 0.270 e. The Hall–Kier alpha value is -5.80. The van der Waals surface area contributed by atoms with E-state index in [1.807, 2.05) is 17.5 Å². The zero-order chi connectivity index (χ0) is 31.9. The third kappa shape index (κ3) is 6.58. The molecule has 0 radical (unpaired) electrons. The second-order valence-electron chi connectivity index (χ2n) is 9.77. The number of carbonyl (C=O) groups is 2. The molecule has 226 valence electrons. The minimum Gasteiger partial charge on any atom is -0.497 e. The number of aromatic nitrogens is 1. The molecule has 5 aromatic rings. The summed E-state index contributed by atoms with van der Waals surface area (Å²) in [5.41, 5.74) is 0.494. The van der Waals surface area contributed by atoms with E-state index in [0.717, 1.165) is 11.3 Å². The second-order valence-corrected chi connectivity index (χ2v) is 10.8. The summed E-state index contributed by atoms with van der Waals surface area (Å²) < 4.78 is 10.4. The van der Waals surface area contributed by atoms with Crippen LogP contribution in [0.2, 0.25) is 0 Å². The van der Waals surface area contributed by atoms with E-state index in [1.54, 1.807) is 35.6 Å². The number of nitro groups is 1. The van der Waals surface area contributed by atoms with Gasteiger partial charge in [0.15, 0.2) is 5.82 Å². The highest BCUT2D eigenvalue weighted by atomic mass is 32.1. The first kappa shape index (κ1) is 30.7. The van der Waals surface area contributed by atoms with Gasteiger partial charge in [-0.3, -0.25) is 19.7 Å². The van der Waals surface area contributed by atoms with Crippen LogP contribution in [-0.4, -0.2) is 42.5 Å². The molecule has 0 spiro atoms. The predicted molar refractivity (Wildman–Crippen MR) is 171 cm³/mol. The number of imide groups is 1. The van der Waals surface area contributed by atoms with E-state index >= 15 is 0 Å². The Morgan fingerprint density at radius 1 is 0.978 bits per heavy atom. The molecule has 2 heterocycles. The fourth-order valence-electron chi connectivity index (χ4n) is 4.74. The van der Waals surface area contributed by atoms with Crippen LogP contribution in [0.15, 0.2) is 84.2 Å². The summed E-state index contributed by atoms with van der Waals surface area (Å²) in [6.07, 6.45) is 1.47. The number of rotatable bonds is 11. The first-order valence-corrected chi connectivity index (χ1v) is 14.7. The molecule has 0 fully saturated rings. The molecule has 45 heavy (non-hydrogen) atoms.